The van der Waals surface area contributed by atoms with Gasteiger partial charge in [0.15, 0.2) is 0 Å². The van der Waals surface area contributed by atoms with Crippen LogP contribution >= 0.6 is 0 Å². The molecule has 6 nitrogen and oxygen atoms in total. The Labute approximate surface area is 153 Å². The molecule has 1 unspecified atom stereocenters. The summed E-state index contributed by atoms with van der Waals surface area (Å²) in [4.78, 5) is 11.9. The Bertz CT molecular complexity index is 906. The normalized spacial score (nSPS) is 19.3. The molecule has 0 spiro atoms. The number of aromatic nitrogens is 3. The summed E-state index contributed by atoms with van der Waals surface area (Å²) in [5, 5.41) is 0. The average Bonchev–Trinajstić information content (AvgIpc) is 3.22. The Morgan fingerprint density at radius 1 is 1.19 bits per heavy atom. The van der Waals surface area contributed by atoms with Crippen LogP contribution in [0.5, 0.6) is 0 Å². The molecule has 138 valence electrons. The molecule has 1 saturated heterocycles. The highest BCUT2D eigenvalue weighted by Crippen LogP contribution is 2.29. The van der Waals surface area contributed by atoms with Crippen LogP contribution in [0.2, 0.25) is 0 Å². The van der Waals surface area contributed by atoms with Crippen molar-refractivity contribution in [1.29, 1.82) is 0 Å². The fourth-order valence-electron chi connectivity index (χ4n) is 3.36. The van der Waals surface area contributed by atoms with Crippen LogP contribution in [0, 0.1) is 0 Å². The highest BCUT2D eigenvalue weighted by Gasteiger charge is 2.31. The first-order chi connectivity index (χ1) is 12.4. The number of rotatable bonds is 3. The van der Waals surface area contributed by atoms with Crippen molar-refractivity contribution in [2.24, 2.45) is 7.05 Å². The molecule has 1 aliphatic heterocycles. The lowest BCUT2D eigenvalue weighted by Crippen LogP contribution is -2.39. The lowest BCUT2D eigenvalue weighted by Gasteiger charge is -2.33. The van der Waals surface area contributed by atoms with Crippen LogP contribution in [0.15, 0.2) is 34.9 Å². The fourth-order valence-corrected chi connectivity index (χ4v) is 3.36. The van der Waals surface area contributed by atoms with Crippen LogP contribution in [0.1, 0.15) is 44.2 Å². The molecule has 0 bridgehead atoms. The zero-order valence-corrected chi connectivity index (χ0v) is 15.9. The Kier molecular flexibility index (Phi) is 4.32. The third-order valence-corrected chi connectivity index (χ3v) is 5.04. The molecular weight excluding hydrogens is 328 g/mol. The maximum Gasteiger partial charge on any atom is 0.214 e. The molecule has 0 radical (unpaired) electrons. The van der Waals surface area contributed by atoms with Gasteiger partial charge in [0.2, 0.25) is 5.89 Å². The summed E-state index contributed by atoms with van der Waals surface area (Å²) in [6, 6.07) is 8.24. The van der Waals surface area contributed by atoms with Crippen LogP contribution in [0.25, 0.3) is 11.0 Å². The second-order valence-corrected chi connectivity index (χ2v) is 7.96. The van der Waals surface area contributed by atoms with Gasteiger partial charge in [-0.05, 0) is 12.1 Å². The van der Waals surface area contributed by atoms with Gasteiger partial charge in [0.25, 0.3) is 0 Å². The fraction of sp³-hybridized carbons (Fsp3) is 0.500. The van der Waals surface area contributed by atoms with Crippen LogP contribution in [-0.4, -0.2) is 39.2 Å². The molecule has 2 aromatic heterocycles. The number of imidazole rings is 1. The molecule has 1 aliphatic rings. The third-order valence-electron chi connectivity index (χ3n) is 5.04. The lowest BCUT2D eigenvalue weighted by molar-refractivity contribution is -0.0236. The summed E-state index contributed by atoms with van der Waals surface area (Å²) in [5.74, 6) is 1.77. The van der Waals surface area contributed by atoms with Crippen LogP contribution in [-0.2, 0) is 23.7 Å². The SMILES string of the molecule is Cn1c(CN2CCOCC2c2nc(C(C)(C)C)co2)nc2ccccc21. The zero-order valence-electron chi connectivity index (χ0n) is 15.9. The number of fused-ring (bicyclic) bond motifs is 1. The topological polar surface area (TPSA) is 56.3 Å². The van der Waals surface area contributed by atoms with Crippen molar-refractivity contribution in [2.75, 3.05) is 19.8 Å². The van der Waals surface area contributed by atoms with E-state index in [-0.39, 0.29) is 11.5 Å². The quantitative estimate of drug-likeness (QED) is 0.721. The standard InChI is InChI=1S/C20H26N4O2/c1-20(2,3)17-13-26-19(22-17)16-12-25-10-9-24(16)11-18-21-14-7-5-6-8-15(14)23(18)4/h5-8,13,16H,9-12H2,1-4H3. The molecule has 26 heavy (non-hydrogen) atoms. The minimum Gasteiger partial charge on any atom is -0.447 e. The van der Waals surface area contributed by atoms with Crippen molar-refractivity contribution in [2.45, 2.75) is 38.8 Å². The molecule has 4 rings (SSSR count). The second-order valence-electron chi connectivity index (χ2n) is 7.96. The Morgan fingerprint density at radius 2 is 2.00 bits per heavy atom. The predicted octanol–water partition coefficient (Wildman–Crippen LogP) is 3.43. The summed E-state index contributed by atoms with van der Waals surface area (Å²) in [6.45, 7) is 9.31. The summed E-state index contributed by atoms with van der Waals surface area (Å²) < 4.78 is 13.7. The third kappa shape index (κ3) is 3.15. The first-order valence-electron chi connectivity index (χ1n) is 9.11. The molecule has 1 fully saturated rings. The van der Waals surface area contributed by atoms with Gasteiger partial charge in [-0.15, -0.1) is 0 Å². The van der Waals surface area contributed by atoms with E-state index in [1.54, 1.807) is 6.26 Å². The first kappa shape index (κ1) is 17.2. The van der Waals surface area contributed by atoms with E-state index in [1.165, 1.54) is 0 Å². The first-order valence-corrected chi connectivity index (χ1v) is 9.11. The number of benzene rings is 1. The molecule has 3 heterocycles. The maximum atomic E-state index is 5.83. The Hall–Kier alpha value is -2.18. The number of aryl methyl sites for hydroxylation is 1. The van der Waals surface area contributed by atoms with E-state index in [9.17, 15) is 0 Å². The van der Waals surface area contributed by atoms with Gasteiger partial charge >= 0.3 is 0 Å². The smallest absolute Gasteiger partial charge is 0.214 e. The van der Waals surface area contributed by atoms with E-state index in [0.29, 0.717) is 13.2 Å². The van der Waals surface area contributed by atoms with Crippen molar-refractivity contribution in [3.05, 3.63) is 47.9 Å². The van der Waals surface area contributed by atoms with Crippen molar-refractivity contribution in [3.63, 3.8) is 0 Å². The largest absolute Gasteiger partial charge is 0.447 e. The highest BCUT2D eigenvalue weighted by molar-refractivity contribution is 5.75. The molecule has 3 aromatic rings. The molecule has 0 saturated carbocycles. The highest BCUT2D eigenvalue weighted by atomic mass is 16.5. The van der Waals surface area contributed by atoms with Gasteiger partial charge in [0.1, 0.15) is 18.1 Å². The number of morpholine rings is 1. The number of oxazole rings is 1. The van der Waals surface area contributed by atoms with Gasteiger partial charge in [-0.2, -0.15) is 0 Å². The van der Waals surface area contributed by atoms with E-state index >= 15 is 0 Å². The van der Waals surface area contributed by atoms with E-state index < -0.39 is 0 Å². The molecule has 6 heteroatoms. The van der Waals surface area contributed by atoms with Crippen molar-refractivity contribution in [1.82, 2.24) is 19.4 Å². The van der Waals surface area contributed by atoms with E-state index in [1.807, 2.05) is 12.1 Å². The Balaban J connectivity index is 1.61. The number of ether oxygens (including phenoxy) is 1. The molecule has 0 amide bonds. The van der Waals surface area contributed by atoms with Crippen molar-refractivity contribution < 1.29 is 9.15 Å². The number of para-hydroxylation sites is 2. The van der Waals surface area contributed by atoms with Gasteiger partial charge in [0, 0.05) is 19.0 Å². The molecule has 0 N–H and O–H groups in total. The average molecular weight is 354 g/mol. The monoisotopic (exact) mass is 354 g/mol. The summed E-state index contributed by atoms with van der Waals surface area (Å²) in [6.07, 6.45) is 1.77. The molecular formula is C20H26N4O2. The van der Waals surface area contributed by atoms with Gasteiger partial charge < -0.3 is 13.7 Å². The van der Waals surface area contributed by atoms with Gasteiger partial charge in [0.05, 0.1) is 36.5 Å². The van der Waals surface area contributed by atoms with Crippen molar-refractivity contribution >= 4 is 11.0 Å². The molecule has 0 aliphatic carbocycles. The van der Waals surface area contributed by atoms with E-state index in [4.69, 9.17) is 19.1 Å². The van der Waals surface area contributed by atoms with Crippen LogP contribution in [0.4, 0.5) is 0 Å². The minimum atomic E-state index is -0.0283. The summed E-state index contributed by atoms with van der Waals surface area (Å²) in [7, 11) is 2.07. The molecule has 1 aromatic carbocycles. The maximum absolute atomic E-state index is 5.83. The predicted molar refractivity (Wildman–Crippen MR) is 99.9 cm³/mol. The minimum absolute atomic E-state index is 0.0136. The lowest BCUT2D eigenvalue weighted by atomic mass is 9.93. The zero-order chi connectivity index (χ0) is 18.3. The van der Waals surface area contributed by atoms with E-state index in [0.717, 1.165) is 41.5 Å². The number of hydrogen-bond acceptors (Lipinski definition) is 5. The van der Waals surface area contributed by atoms with Crippen LogP contribution < -0.4 is 0 Å². The van der Waals surface area contributed by atoms with Gasteiger partial charge in [-0.3, -0.25) is 4.90 Å². The second kappa shape index (κ2) is 6.52. The van der Waals surface area contributed by atoms with Crippen LogP contribution in [0.3, 0.4) is 0 Å². The molecule has 1 atom stereocenters. The Morgan fingerprint density at radius 3 is 2.73 bits per heavy atom. The summed E-state index contributed by atoms with van der Waals surface area (Å²) in [5.41, 5.74) is 3.12. The van der Waals surface area contributed by atoms with Gasteiger partial charge in [-0.25, -0.2) is 9.97 Å². The van der Waals surface area contributed by atoms with E-state index in [2.05, 4.69) is 49.4 Å². The summed E-state index contributed by atoms with van der Waals surface area (Å²) >= 11 is 0. The van der Waals surface area contributed by atoms with Crippen molar-refractivity contribution in [3.8, 4) is 0 Å². The number of nitrogens with zero attached hydrogens (tertiary/aromatic N) is 4. The van der Waals surface area contributed by atoms with Gasteiger partial charge in [-0.1, -0.05) is 32.9 Å². The number of hydrogen-bond donors (Lipinski definition) is 0.